The molecule has 0 unspecified atom stereocenters. The lowest BCUT2D eigenvalue weighted by Gasteiger charge is -2.10. The number of hydrogen-bond donors (Lipinski definition) is 2. The third-order valence-electron chi connectivity index (χ3n) is 2.34. The van der Waals surface area contributed by atoms with Crippen molar-refractivity contribution in [2.75, 3.05) is 16.6 Å². The highest BCUT2D eigenvalue weighted by Gasteiger charge is 2.21. The second-order valence-electron chi connectivity index (χ2n) is 3.98. The van der Waals surface area contributed by atoms with Gasteiger partial charge in [-0.15, -0.1) is 5.10 Å². The van der Waals surface area contributed by atoms with Crippen molar-refractivity contribution in [3.05, 3.63) is 18.3 Å². The van der Waals surface area contributed by atoms with E-state index in [-0.39, 0.29) is 10.8 Å². The summed E-state index contributed by atoms with van der Waals surface area (Å²) in [6, 6.07) is 3.01. The van der Waals surface area contributed by atoms with Crippen LogP contribution in [0.2, 0.25) is 0 Å². The maximum atomic E-state index is 12.3. The zero-order valence-corrected chi connectivity index (χ0v) is 11.9. The van der Waals surface area contributed by atoms with E-state index in [1.165, 1.54) is 12.3 Å². The van der Waals surface area contributed by atoms with Gasteiger partial charge in [0.15, 0.2) is 0 Å². The van der Waals surface area contributed by atoms with Crippen molar-refractivity contribution in [1.29, 1.82) is 0 Å². The predicted octanol–water partition coefficient (Wildman–Crippen LogP) is 0.228. The van der Waals surface area contributed by atoms with Crippen LogP contribution in [0, 0.1) is 0 Å². The molecule has 20 heavy (non-hydrogen) atoms. The number of aromatic nitrogens is 5. The first-order chi connectivity index (χ1) is 9.53. The van der Waals surface area contributed by atoms with Gasteiger partial charge < -0.3 is 5.32 Å². The lowest BCUT2D eigenvalue weighted by atomic mass is 10.4. The summed E-state index contributed by atoms with van der Waals surface area (Å²) in [5, 5.41) is 13.9. The van der Waals surface area contributed by atoms with E-state index in [0.29, 0.717) is 12.4 Å². The molecule has 0 bridgehead atoms. The number of tetrazole rings is 1. The summed E-state index contributed by atoms with van der Waals surface area (Å²) in [5.41, 5.74) is 0. The van der Waals surface area contributed by atoms with Gasteiger partial charge in [0.05, 0.1) is 7.05 Å². The van der Waals surface area contributed by atoms with Crippen LogP contribution in [0.4, 0.5) is 11.8 Å². The normalized spacial score (nSPS) is 11.3. The van der Waals surface area contributed by atoms with Crippen LogP contribution in [0.15, 0.2) is 23.2 Å². The topological polar surface area (TPSA) is 115 Å². The Morgan fingerprint density at radius 1 is 1.40 bits per heavy atom. The molecule has 2 N–H and O–H groups in total. The smallest absolute Gasteiger partial charge is 0.277 e. The minimum Gasteiger partial charge on any atom is -0.369 e. The van der Waals surface area contributed by atoms with Crippen molar-refractivity contribution in [3.8, 4) is 0 Å². The monoisotopic (exact) mass is 297 g/mol. The molecule has 0 saturated heterocycles. The van der Waals surface area contributed by atoms with E-state index < -0.39 is 10.0 Å². The number of anilines is 2. The van der Waals surface area contributed by atoms with E-state index in [4.69, 9.17) is 0 Å². The van der Waals surface area contributed by atoms with Gasteiger partial charge in [0.1, 0.15) is 10.7 Å². The molecule has 0 atom stereocenters. The minimum atomic E-state index is -3.81. The molecule has 2 rings (SSSR count). The fourth-order valence-electron chi connectivity index (χ4n) is 1.48. The van der Waals surface area contributed by atoms with Gasteiger partial charge in [-0.2, -0.15) is 4.80 Å². The van der Waals surface area contributed by atoms with Crippen molar-refractivity contribution in [2.45, 2.75) is 18.2 Å². The Morgan fingerprint density at radius 3 is 2.85 bits per heavy atom. The lowest BCUT2D eigenvalue weighted by Crippen LogP contribution is -2.17. The number of nitrogens with one attached hydrogen (secondary N) is 2. The Morgan fingerprint density at radius 2 is 2.20 bits per heavy atom. The van der Waals surface area contributed by atoms with Crippen molar-refractivity contribution in [2.24, 2.45) is 7.05 Å². The molecule has 0 amide bonds. The molecule has 2 aromatic heterocycles. The molecule has 2 aromatic rings. The molecule has 108 valence electrons. The van der Waals surface area contributed by atoms with E-state index >= 15 is 0 Å². The SMILES string of the molecule is CCCNc1ncccc1S(=O)(=O)Nc1nnn(C)n1. The van der Waals surface area contributed by atoms with Crippen LogP contribution in [-0.4, -0.2) is 40.2 Å². The van der Waals surface area contributed by atoms with Crippen molar-refractivity contribution >= 4 is 21.8 Å². The van der Waals surface area contributed by atoms with Gasteiger partial charge in [0.2, 0.25) is 0 Å². The van der Waals surface area contributed by atoms with E-state index in [1.807, 2.05) is 6.92 Å². The Kier molecular flexibility index (Phi) is 4.13. The highest BCUT2D eigenvalue weighted by molar-refractivity contribution is 7.92. The highest BCUT2D eigenvalue weighted by Crippen LogP contribution is 2.19. The van der Waals surface area contributed by atoms with Gasteiger partial charge in [-0.25, -0.2) is 18.1 Å². The standard InChI is InChI=1S/C10H15N7O2S/c1-3-6-11-9-8(5-4-7-12-9)20(18,19)15-10-13-16-17(2)14-10/h4-5,7H,3,6H2,1-2H3,(H,11,12)(H,14,15). The minimum absolute atomic E-state index is 0.0425. The van der Waals surface area contributed by atoms with Gasteiger partial charge in [-0.1, -0.05) is 12.0 Å². The van der Waals surface area contributed by atoms with Crippen LogP contribution in [0.5, 0.6) is 0 Å². The number of sulfonamides is 1. The van der Waals surface area contributed by atoms with E-state index in [0.717, 1.165) is 11.2 Å². The molecule has 0 radical (unpaired) electrons. The maximum absolute atomic E-state index is 12.3. The second-order valence-corrected chi connectivity index (χ2v) is 5.64. The third-order valence-corrected chi connectivity index (χ3v) is 3.70. The fourth-order valence-corrected chi connectivity index (χ4v) is 2.55. The van der Waals surface area contributed by atoms with Crippen LogP contribution in [0.3, 0.4) is 0 Å². The summed E-state index contributed by atoms with van der Waals surface area (Å²) < 4.78 is 26.8. The Hall–Kier alpha value is -2.23. The van der Waals surface area contributed by atoms with Crippen LogP contribution >= 0.6 is 0 Å². The average Bonchev–Trinajstić information content (AvgIpc) is 2.81. The predicted molar refractivity (Wildman–Crippen MR) is 72.6 cm³/mol. The fraction of sp³-hybridized carbons (Fsp3) is 0.400. The van der Waals surface area contributed by atoms with Crippen LogP contribution in [0.1, 0.15) is 13.3 Å². The molecule has 0 fully saturated rings. The number of nitrogens with zero attached hydrogens (tertiary/aromatic N) is 5. The first-order valence-electron chi connectivity index (χ1n) is 5.98. The van der Waals surface area contributed by atoms with Crippen LogP contribution < -0.4 is 10.0 Å². The molecular weight excluding hydrogens is 282 g/mol. The third kappa shape index (κ3) is 3.20. The summed E-state index contributed by atoms with van der Waals surface area (Å²) in [7, 11) is -2.27. The molecule has 9 nitrogen and oxygen atoms in total. The largest absolute Gasteiger partial charge is 0.369 e. The Labute approximate surface area is 116 Å². The summed E-state index contributed by atoms with van der Waals surface area (Å²) >= 11 is 0. The van der Waals surface area contributed by atoms with Crippen molar-refractivity contribution in [3.63, 3.8) is 0 Å². The van der Waals surface area contributed by atoms with Gasteiger partial charge in [0.25, 0.3) is 16.0 Å². The molecule has 0 saturated carbocycles. The van der Waals surface area contributed by atoms with E-state index in [1.54, 1.807) is 13.1 Å². The summed E-state index contributed by atoms with van der Waals surface area (Å²) in [5.74, 6) is 0.212. The number of pyridine rings is 1. The van der Waals surface area contributed by atoms with Crippen molar-refractivity contribution < 1.29 is 8.42 Å². The van der Waals surface area contributed by atoms with E-state index in [9.17, 15) is 8.42 Å². The lowest BCUT2D eigenvalue weighted by molar-refractivity contribution is 0.600. The molecule has 0 aliphatic heterocycles. The highest BCUT2D eigenvalue weighted by atomic mass is 32.2. The van der Waals surface area contributed by atoms with Gasteiger partial charge >= 0.3 is 0 Å². The summed E-state index contributed by atoms with van der Waals surface area (Å²) in [6.45, 7) is 2.61. The number of aryl methyl sites for hydroxylation is 1. The Bertz CT molecular complexity index is 682. The van der Waals surface area contributed by atoms with Gasteiger partial charge in [-0.05, 0) is 23.8 Å². The zero-order chi connectivity index (χ0) is 14.6. The molecule has 0 spiro atoms. The van der Waals surface area contributed by atoms with Crippen molar-refractivity contribution in [1.82, 2.24) is 25.2 Å². The summed E-state index contributed by atoms with van der Waals surface area (Å²) in [4.78, 5) is 5.24. The molecule has 2 heterocycles. The maximum Gasteiger partial charge on any atom is 0.277 e. The zero-order valence-electron chi connectivity index (χ0n) is 11.1. The molecule has 10 heteroatoms. The average molecular weight is 297 g/mol. The first kappa shape index (κ1) is 14.2. The quantitative estimate of drug-likeness (QED) is 0.784. The first-order valence-corrected chi connectivity index (χ1v) is 7.47. The van der Waals surface area contributed by atoms with Gasteiger partial charge in [0, 0.05) is 12.7 Å². The van der Waals surface area contributed by atoms with E-state index in [2.05, 4.69) is 30.4 Å². The van der Waals surface area contributed by atoms with Crippen LogP contribution in [-0.2, 0) is 17.1 Å². The molecular formula is C10H15N7O2S. The summed E-state index contributed by atoms with van der Waals surface area (Å²) in [6.07, 6.45) is 2.38. The molecule has 0 aliphatic carbocycles. The molecule has 0 aromatic carbocycles. The Balaban J connectivity index is 2.29. The number of hydrogen-bond acceptors (Lipinski definition) is 7. The molecule has 0 aliphatic rings. The second kappa shape index (κ2) is 5.82. The van der Waals surface area contributed by atoms with Crippen LogP contribution in [0.25, 0.3) is 0 Å². The number of rotatable bonds is 6. The van der Waals surface area contributed by atoms with Gasteiger partial charge in [-0.3, -0.25) is 0 Å².